The van der Waals surface area contributed by atoms with Crippen LogP contribution in [0.25, 0.3) is 0 Å². The number of carboxylic acids is 2. The maximum absolute atomic E-state index is 13.6. The van der Waals surface area contributed by atoms with Gasteiger partial charge in [0, 0.05) is 24.7 Å². The summed E-state index contributed by atoms with van der Waals surface area (Å²) in [6.45, 7) is 1.01. The summed E-state index contributed by atoms with van der Waals surface area (Å²) in [5, 5.41) is 22.4. The monoisotopic (exact) mass is 674 g/mol. The first kappa shape index (κ1) is 38.4. The first-order valence-corrected chi connectivity index (χ1v) is 12.5. The third-order valence-corrected chi connectivity index (χ3v) is 5.85. The van der Waals surface area contributed by atoms with Crippen molar-refractivity contribution in [1.82, 2.24) is 10.6 Å². The van der Waals surface area contributed by atoms with Gasteiger partial charge in [0.25, 0.3) is 0 Å². The van der Waals surface area contributed by atoms with Gasteiger partial charge in [-0.15, -0.1) is 0 Å². The summed E-state index contributed by atoms with van der Waals surface area (Å²) in [5.41, 5.74) is 14.2. The summed E-state index contributed by atoms with van der Waals surface area (Å²) < 4.78 is 77.1. The molecule has 0 unspecified atom stereocenters. The quantitative estimate of drug-likeness (QED) is 0.104. The Hall–Kier alpha value is -4.65. The number of rotatable bonds is 6. The van der Waals surface area contributed by atoms with Crippen molar-refractivity contribution in [3.63, 3.8) is 0 Å². The number of nitrogens with two attached hydrogens (primary N) is 2. The summed E-state index contributed by atoms with van der Waals surface area (Å²) in [6, 6.07) is 9.28. The van der Waals surface area contributed by atoms with Crippen LogP contribution in [0.5, 0.6) is 0 Å². The van der Waals surface area contributed by atoms with Gasteiger partial charge in [-0.3, -0.25) is 14.6 Å². The van der Waals surface area contributed by atoms with E-state index in [1.165, 1.54) is 12.1 Å². The van der Waals surface area contributed by atoms with E-state index in [4.69, 9.17) is 42.9 Å². The Morgan fingerprint density at radius 3 is 1.98 bits per heavy atom. The maximum atomic E-state index is 13.6. The van der Waals surface area contributed by atoms with E-state index in [2.05, 4.69) is 27.0 Å². The van der Waals surface area contributed by atoms with E-state index >= 15 is 0 Å². The number of hydrogen-bond acceptors (Lipinski definition) is 6. The zero-order valence-corrected chi connectivity index (χ0v) is 23.6. The average Bonchev–Trinajstić information content (AvgIpc) is 3.25. The zero-order valence-electron chi connectivity index (χ0n) is 22.9. The van der Waals surface area contributed by atoms with Crippen molar-refractivity contribution in [2.45, 2.75) is 31.4 Å². The number of aliphatic imine (C=N–C) groups is 1. The van der Waals surface area contributed by atoms with Gasteiger partial charge in [-0.2, -0.15) is 26.3 Å². The van der Waals surface area contributed by atoms with Gasteiger partial charge in [0.1, 0.15) is 5.82 Å². The number of guanidine groups is 1. The molecule has 2 aromatic rings. The van der Waals surface area contributed by atoms with E-state index in [-0.39, 0.29) is 22.6 Å². The van der Waals surface area contributed by atoms with Gasteiger partial charge in [-0.1, -0.05) is 29.8 Å². The van der Waals surface area contributed by atoms with Crippen LogP contribution in [0.4, 0.5) is 36.4 Å². The highest BCUT2D eigenvalue weighted by molar-refractivity contribution is 6.39. The number of hydrogen-bond donors (Lipinski definition) is 7. The van der Waals surface area contributed by atoms with E-state index in [1.807, 2.05) is 19.2 Å². The molecule has 45 heavy (non-hydrogen) atoms. The van der Waals surface area contributed by atoms with Crippen molar-refractivity contribution < 1.29 is 60.1 Å². The highest BCUT2D eigenvalue weighted by Gasteiger charge is 2.39. The van der Waals surface area contributed by atoms with Crippen LogP contribution >= 0.6 is 11.6 Å². The molecule has 248 valence electrons. The van der Waals surface area contributed by atoms with Crippen LogP contribution in [0.2, 0.25) is 5.02 Å². The van der Waals surface area contributed by atoms with Crippen molar-refractivity contribution in [2.75, 3.05) is 18.9 Å². The molecular formula is C25H26ClF7N6O6. The van der Waals surface area contributed by atoms with E-state index < -0.39 is 48.0 Å². The number of aliphatic carboxylic acids is 2. The van der Waals surface area contributed by atoms with Crippen molar-refractivity contribution in [3.05, 3.63) is 63.9 Å². The fourth-order valence-corrected chi connectivity index (χ4v) is 3.78. The molecule has 0 heterocycles. The minimum Gasteiger partial charge on any atom is -0.475 e. The predicted octanol–water partition coefficient (Wildman–Crippen LogP) is 2.71. The largest absolute Gasteiger partial charge is 0.490 e. The molecule has 2 amide bonds. The highest BCUT2D eigenvalue weighted by atomic mass is 35.5. The third-order valence-electron chi connectivity index (χ3n) is 5.54. The first-order valence-electron chi connectivity index (χ1n) is 12.2. The Morgan fingerprint density at radius 2 is 1.51 bits per heavy atom. The molecule has 0 aromatic heterocycles. The number of amides is 2. The summed E-state index contributed by atoms with van der Waals surface area (Å²) in [4.78, 5) is 46.8. The smallest absolute Gasteiger partial charge is 0.475 e. The van der Waals surface area contributed by atoms with Gasteiger partial charge in [0.2, 0.25) is 0 Å². The number of fused-ring (bicyclic) bond motifs is 1. The SMILES string of the molecule is CNCc1ccc2c(c1)C[C@@H](CN=C(N)N)[C@@H]2NC(=O)C(=O)Nc1ccc(Cl)c(F)c1.O=C(O)C(F)(F)F.O=C(O)C(F)(F)F. The van der Waals surface area contributed by atoms with Gasteiger partial charge in [0.15, 0.2) is 5.96 Å². The van der Waals surface area contributed by atoms with Gasteiger partial charge < -0.3 is 37.6 Å². The van der Waals surface area contributed by atoms with E-state index in [1.54, 1.807) is 0 Å². The molecule has 0 bridgehead atoms. The van der Waals surface area contributed by atoms with E-state index in [0.717, 1.165) is 22.8 Å². The molecule has 0 saturated heterocycles. The molecule has 0 saturated carbocycles. The van der Waals surface area contributed by atoms with E-state index in [0.29, 0.717) is 19.5 Å². The van der Waals surface area contributed by atoms with Gasteiger partial charge in [0.05, 0.1) is 11.1 Å². The lowest BCUT2D eigenvalue weighted by Crippen LogP contribution is -2.40. The number of carbonyl (C=O) groups excluding carboxylic acids is 2. The Morgan fingerprint density at radius 1 is 0.956 bits per heavy atom. The molecule has 9 N–H and O–H groups in total. The minimum atomic E-state index is -5.08. The standard InChI is InChI=1S/C21H24ClFN6O2.2C2HF3O2/c1-26-9-11-2-4-15-12(6-11)7-13(10-27-21(24)25)18(15)29-20(31)19(30)28-14-3-5-16(22)17(23)8-14;2*3-2(4,5)1(6)7/h2-6,8,13,18,26H,7,9-10H2,1H3,(H,28,30)(H,29,31)(H4,24,25,27);2*(H,6,7)/t13-,18-;;/m0../s1. The molecule has 12 nitrogen and oxygen atoms in total. The Balaban J connectivity index is 0.000000601. The number of carbonyl (C=O) groups is 4. The van der Waals surface area contributed by atoms with Gasteiger partial charge in [-0.05, 0) is 48.4 Å². The van der Waals surface area contributed by atoms with Crippen LogP contribution in [-0.4, -0.2) is 65.9 Å². The Bertz CT molecular complexity index is 1390. The lowest BCUT2D eigenvalue weighted by molar-refractivity contribution is -0.193. The molecule has 0 radical (unpaired) electrons. The Labute approximate surface area is 254 Å². The summed E-state index contributed by atoms with van der Waals surface area (Å²) >= 11 is 5.64. The van der Waals surface area contributed by atoms with Crippen molar-refractivity contribution in [1.29, 1.82) is 0 Å². The predicted molar refractivity (Wildman–Crippen MR) is 145 cm³/mol. The van der Waals surface area contributed by atoms with Crippen LogP contribution < -0.4 is 27.4 Å². The second-order valence-electron chi connectivity index (χ2n) is 8.93. The molecule has 1 aliphatic rings. The average molecular weight is 675 g/mol. The topological polar surface area (TPSA) is 209 Å². The molecule has 0 fully saturated rings. The fourth-order valence-electron chi connectivity index (χ4n) is 3.66. The second-order valence-corrected chi connectivity index (χ2v) is 9.34. The second kappa shape index (κ2) is 16.4. The summed E-state index contributed by atoms with van der Waals surface area (Å²) in [7, 11) is 1.86. The molecular weight excluding hydrogens is 649 g/mol. The molecule has 1 aliphatic carbocycles. The normalized spacial score (nSPS) is 15.2. The van der Waals surface area contributed by atoms with Crippen LogP contribution in [0.3, 0.4) is 0 Å². The summed E-state index contributed by atoms with van der Waals surface area (Å²) in [6.07, 6.45) is -9.52. The van der Waals surface area contributed by atoms with Crippen molar-refractivity contribution in [2.24, 2.45) is 22.4 Å². The molecule has 0 aliphatic heterocycles. The number of nitrogens with zero attached hydrogens (tertiary/aromatic N) is 1. The molecule has 3 rings (SSSR count). The van der Waals surface area contributed by atoms with Crippen LogP contribution in [0.1, 0.15) is 22.7 Å². The van der Waals surface area contributed by atoms with E-state index in [9.17, 15) is 40.3 Å². The van der Waals surface area contributed by atoms with Crippen LogP contribution in [0, 0.1) is 11.7 Å². The molecule has 2 aromatic carbocycles. The van der Waals surface area contributed by atoms with Crippen LogP contribution in [0.15, 0.2) is 41.4 Å². The maximum Gasteiger partial charge on any atom is 0.490 e. The number of nitrogens with one attached hydrogen (secondary N) is 3. The number of halogens is 8. The van der Waals surface area contributed by atoms with Gasteiger partial charge in [-0.25, -0.2) is 14.0 Å². The molecule has 2 atom stereocenters. The van der Waals surface area contributed by atoms with Gasteiger partial charge >= 0.3 is 36.1 Å². The molecule has 0 spiro atoms. The Kier molecular flexibility index (Phi) is 14.0. The fraction of sp³-hybridized carbons (Fsp3) is 0.320. The highest BCUT2D eigenvalue weighted by Crippen LogP contribution is 2.37. The lowest BCUT2D eigenvalue weighted by Gasteiger charge is -2.20. The number of anilines is 1. The number of alkyl halides is 6. The third kappa shape index (κ3) is 12.9. The number of carboxylic acid groups (broad SMARTS) is 2. The lowest BCUT2D eigenvalue weighted by atomic mass is 10.0. The number of benzene rings is 2. The van der Waals surface area contributed by atoms with Crippen molar-refractivity contribution in [3.8, 4) is 0 Å². The zero-order chi connectivity index (χ0) is 34.7. The molecule has 20 heteroatoms. The summed E-state index contributed by atoms with van der Waals surface area (Å²) in [5.74, 6) is -8.13. The van der Waals surface area contributed by atoms with Crippen molar-refractivity contribution >= 4 is 47.0 Å². The first-order chi connectivity index (χ1) is 20.7. The minimum absolute atomic E-state index is 0.0422. The van der Waals surface area contributed by atoms with Crippen LogP contribution in [-0.2, 0) is 32.1 Å².